The first-order chi connectivity index (χ1) is 13.0. The number of nitrogens with zero attached hydrogens (tertiary/aromatic N) is 4. The molecule has 0 saturated carbocycles. The average Bonchev–Trinajstić information content (AvgIpc) is 3.11. The summed E-state index contributed by atoms with van der Waals surface area (Å²) in [4.78, 5) is 41.5. The van der Waals surface area contributed by atoms with Gasteiger partial charge in [0.2, 0.25) is 5.91 Å². The van der Waals surface area contributed by atoms with E-state index in [9.17, 15) is 14.4 Å². The van der Waals surface area contributed by atoms with Crippen LogP contribution in [0, 0.1) is 0 Å². The molecular weight excluding hydrogens is 348 g/mol. The zero-order valence-corrected chi connectivity index (χ0v) is 15.6. The fraction of sp³-hybridized carbons (Fsp3) is 0.444. The molecule has 1 aliphatic heterocycles. The fourth-order valence-electron chi connectivity index (χ4n) is 3.09. The first kappa shape index (κ1) is 18.7. The lowest BCUT2D eigenvalue weighted by molar-refractivity contribution is -0.132. The van der Waals surface area contributed by atoms with Gasteiger partial charge in [0.15, 0.2) is 5.69 Å². The van der Waals surface area contributed by atoms with Gasteiger partial charge in [-0.3, -0.25) is 14.7 Å². The first-order valence-electron chi connectivity index (χ1n) is 8.92. The summed E-state index contributed by atoms with van der Waals surface area (Å²) in [5.41, 5.74) is 1.12. The van der Waals surface area contributed by atoms with Gasteiger partial charge in [-0.2, -0.15) is 5.10 Å². The van der Waals surface area contributed by atoms with E-state index < -0.39 is 0 Å². The molecule has 1 aliphatic rings. The normalized spacial score (nSPS) is 14.3. The largest absolute Gasteiger partial charge is 0.350 e. The Labute approximate surface area is 157 Å². The maximum atomic E-state index is 12.3. The molecule has 2 N–H and O–H groups in total. The number of aromatic amines is 1. The van der Waals surface area contributed by atoms with E-state index in [2.05, 4.69) is 15.5 Å². The third-order valence-corrected chi connectivity index (χ3v) is 4.60. The molecule has 0 radical (unpaired) electrons. The number of H-pyrrole nitrogens is 1. The second-order valence-corrected chi connectivity index (χ2v) is 6.67. The first-order valence-corrected chi connectivity index (χ1v) is 8.92. The van der Waals surface area contributed by atoms with Crippen LogP contribution in [0.1, 0.15) is 16.9 Å². The molecule has 0 aliphatic carbocycles. The summed E-state index contributed by atoms with van der Waals surface area (Å²) in [6, 6.07) is 7.35. The van der Waals surface area contributed by atoms with Crippen molar-refractivity contribution in [2.75, 3.05) is 46.8 Å². The average molecular weight is 372 g/mol. The molecular formula is C18H24N6O3. The van der Waals surface area contributed by atoms with E-state index in [4.69, 9.17) is 0 Å². The number of urea groups is 1. The lowest BCUT2D eigenvalue weighted by Crippen LogP contribution is -2.53. The molecule has 2 aromatic rings. The van der Waals surface area contributed by atoms with Crippen LogP contribution >= 0.6 is 0 Å². The van der Waals surface area contributed by atoms with Gasteiger partial charge >= 0.3 is 6.03 Å². The number of fused-ring (bicyclic) bond motifs is 1. The molecule has 0 spiro atoms. The summed E-state index contributed by atoms with van der Waals surface area (Å²) in [5.74, 6) is -0.333. The van der Waals surface area contributed by atoms with Crippen molar-refractivity contribution in [3.05, 3.63) is 30.0 Å². The van der Waals surface area contributed by atoms with E-state index in [1.807, 2.05) is 24.3 Å². The molecule has 1 saturated heterocycles. The molecule has 1 fully saturated rings. The highest BCUT2D eigenvalue weighted by atomic mass is 16.2. The Bertz CT molecular complexity index is 838. The Morgan fingerprint density at radius 3 is 2.48 bits per heavy atom. The standard InChI is InChI=1S/C18H24N6O3/c1-22(2)18(27)24-11-9-23(10-12-24)15(25)7-8-19-17(26)16-13-5-3-4-6-14(13)20-21-16/h3-6H,7-12H2,1-2H3,(H,19,26)(H,20,21). The number of benzene rings is 1. The molecule has 27 heavy (non-hydrogen) atoms. The Balaban J connectivity index is 1.45. The van der Waals surface area contributed by atoms with E-state index >= 15 is 0 Å². The van der Waals surface area contributed by atoms with Gasteiger partial charge in [0.1, 0.15) is 0 Å². The number of para-hydroxylation sites is 1. The number of hydrogen-bond acceptors (Lipinski definition) is 4. The van der Waals surface area contributed by atoms with Gasteiger partial charge in [-0.25, -0.2) is 4.79 Å². The van der Waals surface area contributed by atoms with Crippen molar-refractivity contribution in [1.82, 2.24) is 30.2 Å². The van der Waals surface area contributed by atoms with Crippen LogP contribution in [0.5, 0.6) is 0 Å². The lowest BCUT2D eigenvalue weighted by atomic mass is 10.2. The van der Waals surface area contributed by atoms with Gasteiger partial charge in [0, 0.05) is 58.6 Å². The molecule has 3 rings (SSSR count). The summed E-state index contributed by atoms with van der Waals surface area (Å²) in [5, 5.41) is 10.4. The maximum absolute atomic E-state index is 12.3. The summed E-state index contributed by atoms with van der Waals surface area (Å²) in [6.07, 6.45) is 0.218. The van der Waals surface area contributed by atoms with E-state index in [1.165, 1.54) is 4.90 Å². The Morgan fingerprint density at radius 2 is 1.78 bits per heavy atom. The highest BCUT2D eigenvalue weighted by Crippen LogP contribution is 2.14. The van der Waals surface area contributed by atoms with E-state index in [-0.39, 0.29) is 30.8 Å². The van der Waals surface area contributed by atoms with Crippen LogP contribution in [0.2, 0.25) is 0 Å². The minimum atomic E-state index is -0.304. The van der Waals surface area contributed by atoms with Gasteiger partial charge < -0.3 is 20.0 Å². The number of amides is 4. The van der Waals surface area contributed by atoms with Gasteiger partial charge in [-0.15, -0.1) is 0 Å². The second-order valence-electron chi connectivity index (χ2n) is 6.67. The molecule has 2 heterocycles. The topological polar surface area (TPSA) is 102 Å². The van der Waals surface area contributed by atoms with Gasteiger partial charge in [0.25, 0.3) is 5.91 Å². The number of nitrogens with one attached hydrogen (secondary N) is 2. The van der Waals surface area contributed by atoms with Crippen LogP contribution in [0.15, 0.2) is 24.3 Å². The smallest absolute Gasteiger partial charge is 0.319 e. The van der Waals surface area contributed by atoms with E-state index in [0.717, 1.165) is 10.9 Å². The molecule has 0 bridgehead atoms. The molecule has 1 aromatic carbocycles. The fourth-order valence-corrected chi connectivity index (χ4v) is 3.09. The van der Waals surface area contributed by atoms with Gasteiger partial charge in [-0.05, 0) is 6.07 Å². The van der Waals surface area contributed by atoms with E-state index in [1.54, 1.807) is 23.9 Å². The summed E-state index contributed by atoms with van der Waals surface area (Å²) in [6.45, 7) is 2.31. The van der Waals surface area contributed by atoms with Crippen LogP contribution in [0.4, 0.5) is 4.79 Å². The quantitative estimate of drug-likeness (QED) is 0.816. The zero-order valence-electron chi connectivity index (χ0n) is 15.6. The summed E-state index contributed by atoms with van der Waals surface area (Å²) >= 11 is 0. The van der Waals surface area contributed by atoms with Crippen molar-refractivity contribution >= 4 is 28.7 Å². The van der Waals surface area contributed by atoms with Crippen LogP contribution in [-0.4, -0.2) is 89.6 Å². The minimum Gasteiger partial charge on any atom is -0.350 e. The second kappa shape index (κ2) is 8.07. The highest BCUT2D eigenvalue weighted by molar-refractivity contribution is 6.04. The Morgan fingerprint density at radius 1 is 1.11 bits per heavy atom. The van der Waals surface area contributed by atoms with Crippen molar-refractivity contribution < 1.29 is 14.4 Å². The molecule has 1 aromatic heterocycles. The van der Waals surface area contributed by atoms with Crippen LogP contribution in [-0.2, 0) is 4.79 Å². The number of aromatic nitrogens is 2. The minimum absolute atomic E-state index is 0.0286. The molecule has 144 valence electrons. The predicted octanol–water partition coefficient (Wildman–Crippen LogP) is 0.509. The molecule has 4 amide bonds. The highest BCUT2D eigenvalue weighted by Gasteiger charge is 2.24. The Kier molecular flexibility index (Phi) is 5.58. The third-order valence-electron chi connectivity index (χ3n) is 4.60. The number of piperazine rings is 1. The SMILES string of the molecule is CN(C)C(=O)N1CCN(C(=O)CCNC(=O)c2n[nH]c3ccccc23)CC1. The number of hydrogen-bond donors (Lipinski definition) is 2. The van der Waals surface area contributed by atoms with Gasteiger partial charge in [0.05, 0.1) is 5.52 Å². The zero-order chi connectivity index (χ0) is 19.4. The monoisotopic (exact) mass is 372 g/mol. The van der Waals surface area contributed by atoms with Crippen molar-refractivity contribution in [2.45, 2.75) is 6.42 Å². The number of carbonyl (C=O) groups is 3. The lowest BCUT2D eigenvalue weighted by Gasteiger charge is -2.36. The van der Waals surface area contributed by atoms with Crippen LogP contribution in [0.25, 0.3) is 10.9 Å². The van der Waals surface area contributed by atoms with Gasteiger partial charge in [-0.1, -0.05) is 18.2 Å². The number of carbonyl (C=O) groups excluding carboxylic acids is 3. The van der Waals surface area contributed by atoms with Crippen molar-refractivity contribution in [1.29, 1.82) is 0 Å². The molecule has 9 nitrogen and oxygen atoms in total. The van der Waals surface area contributed by atoms with E-state index in [0.29, 0.717) is 31.9 Å². The molecule has 9 heteroatoms. The van der Waals surface area contributed by atoms with Crippen molar-refractivity contribution in [3.63, 3.8) is 0 Å². The van der Waals surface area contributed by atoms with Crippen molar-refractivity contribution in [2.24, 2.45) is 0 Å². The van der Waals surface area contributed by atoms with Crippen LogP contribution in [0.3, 0.4) is 0 Å². The maximum Gasteiger partial charge on any atom is 0.319 e. The predicted molar refractivity (Wildman–Crippen MR) is 100 cm³/mol. The van der Waals surface area contributed by atoms with Crippen molar-refractivity contribution in [3.8, 4) is 0 Å². The number of rotatable bonds is 4. The molecule has 0 atom stereocenters. The Hall–Kier alpha value is -3.10. The third kappa shape index (κ3) is 4.18. The van der Waals surface area contributed by atoms with Crippen LogP contribution < -0.4 is 5.32 Å². The summed E-state index contributed by atoms with van der Waals surface area (Å²) < 4.78 is 0. The molecule has 0 unspecified atom stereocenters. The summed E-state index contributed by atoms with van der Waals surface area (Å²) in [7, 11) is 3.43.